The molecule has 0 aliphatic heterocycles. The standard InChI is InChI=1S/C21H20FN3O4/c22-21(14-6-7-23-20(8-14)27-15-2-1-3-15)10-16(11-21)28-19-5-4-13(12-24-19)17-9-18(26)25-29-17/h4-9,12,15-16H,1-3,10-11H2,(H,25,26)/p-1. The van der Waals surface area contributed by atoms with E-state index in [1.165, 1.54) is 18.7 Å². The van der Waals surface area contributed by atoms with Gasteiger partial charge in [0.15, 0.2) is 5.76 Å². The number of nitrogens with zero attached hydrogens (tertiary/aromatic N) is 3. The van der Waals surface area contributed by atoms with Crippen molar-refractivity contribution in [3.8, 4) is 29.0 Å². The van der Waals surface area contributed by atoms with E-state index in [-0.39, 0.29) is 25.0 Å². The first-order chi connectivity index (χ1) is 14.1. The molecule has 3 aromatic rings. The minimum atomic E-state index is -1.45. The lowest BCUT2D eigenvalue weighted by Crippen LogP contribution is -2.44. The van der Waals surface area contributed by atoms with Crippen molar-refractivity contribution < 1.29 is 23.5 Å². The van der Waals surface area contributed by atoms with Gasteiger partial charge in [-0.3, -0.25) is 0 Å². The molecule has 0 aromatic carbocycles. The number of hydrogen-bond acceptors (Lipinski definition) is 7. The second kappa shape index (κ2) is 7.02. The molecular weight excluding hydrogens is 377 g/mol. The molecule has 8 heteroatoms. The van der Waals surface area contributed by atoms with Gasteiger partial charge in [0, 0.05) is 48.8 Å². The third-order valence-corrected chi connectivity index (χ3v) is 5.49. The first kappa shape index (κ1) is 17.9. The molecule has 0 amide bonds. The first-order valence-electron chi connectivity index (χ1n) is 9.66. The van der Waals surface area contributed by atoms with Crippen LogP contribution in [0.4, 0.5) is 4.39 Å². The zero-order valence-electron chi connectivity index (χ0n) is 15.6. The molecule has 0 bridgehead atoms. The molecule has 2 aliphatic carbocycles. The van der Waals surface area contributed by atoms with Crippen LogP contribution in [0.2, 0.25) is 0 Å². The predicted octanol–water partition coefficient (Wildman–Crippen LogP) is 3.54. The van der Waals surface area contributed by atoms with E-state index in [2.05, 4.69) is 15.1 Å². The topological polar surface area (TPSA) is 93.3 Å². The third-order valence-electron chi connectivity index (χ3n) is 5.49. The van der Waals surface area contributed by atoms with E-state index in [4.69, 9.17) is 14.0 Å². The van der Waals surface area contributed by atoms with Gasteiger partial charge in [-0.25, -0.2) is 14.4 Å². The summed E-state index contributed by atoms with van der Waals surface area (Å²) in [6, 6.07) is 8.06. The fourth-order valence-corrected chi connectivity index (χ4v) is 3.55. The van der Waals surface area contributed by atoms with Gasteiger partial charge in [-0.1, -0.05) is 5.16 Å². The van der Waals surface area contributed by atoms with E-state index in [1.807, 2.05) is 0 Å². The van der Waals surface area contributed by atoms with Crippen molar-refractivity contribution in [3.05, 3.63) is 48.3 Å². The zero-order chi connectivity index (χ0) is 19.8. The lowest BCUT2D eigenvalue weighted by atomic mass is 9.74. The molecule has 7 nitrogen and oxygen atoms in total. The van der Waals surface area contributed by atoms with Gasteiger partial charge in [-0.2, -0.15) is 0 Å². The summed E-state index contributed by atoms with van der Waals surface area (Å²) >= 11 is 0. The molecule has 0 unspecified atom stereocenters. The van der Waals surface area contributed by atoms with Gasteiger partial charge in [0.25, 0.3) is 0 Å². The van der Waals surface area contributed by atoms with E-state index in [9.17, 15) is 5.11 Å². The Bertz CT molecular complexity index is 997. The fourth-order valence-electron chi connectivity index (χ4n) is 3.55. The van der Waals surface area contributed by atoms with Crippen LogP contribution in [0.15, 0.2) is 47.2 Å². The van der Waals surface area contributed by atoms with Crippen LogP contribution in [0.1, 0.15) is 37.7 Å². The average Bonchev–Trinajstić information content (AvgIpc) is 3.10. The van der Waals surface area contributed by atoms with Gasteiger partial charge in [0.1, 0.15) is 17.9 Å². The SMILES string of the molecule is [O-]c1cc(-c2ccc(OC3CC(F)(c4ccnc(OC5CCC5)c4)C3)nc2)on1. The summed E-state index contributed by atoms with van der Waals surface area (Å²) < 4.78 is 31.7. The highest BCUT2D eigenvalue weighted by atomic mass is 19.1. The minimum absolute atomic E-state index is 0.206. The number of aromatic nitrogens is 3. The highest BCUT2D eigenvalue weighted by Gasteiger charge is 2.48. The van der Waals surface area contributed by atoms with E-state index in [0.717, 1.165) is 12.8 Å². The number of halogens is 1. The Balaban J connectivity index is 1.19. The van der Waals surface area contributed by atoms with Crippen LogP contribution in [0.25, 0.3) is 11.3 Å². The third kappa shape index (κ3) is 3.62. The maximum Gasteiger partial charge on any atom is 0.213 e. The van der Waals surface area contributed by atoms with Crippen LogP contribution in [0, 0.1) is 0 Å². The Morgan fingerprint density at radius 2 is 1.86 bits per heavy atom. The van der Waals surface area contributed by atoms with Crippen LogP contribution in [0.3, 0.4) is 0 Å². The number of alkyl halides is 1. The Kier molecular flexibility index (Phi) is 4.34. The van der Waals surface area contributed by atoms with Crippen LogP contribution in [-0.4, -0.2) is 27.3 Å². The smallest absolute Gasteiger partial charge is 0.213 e. The average molecular weight is 396 g/mol. The van der Waals surface area contributed by atoms with Crippen LogP contribution < -0.4 is 14.6 Å². The lowest BCUT2D eigenvalue weighted by Gasteiger charge is -2.41. The van der Waals surface area contributed by atoms with Crippen LogP contribution in [0.5, 0.6) is 17.6 Å². The molecular formula is C21H19FN3O4-. The molecule has 3 aromatic heterocycles. The molecule has 29 heavy (non-hydrogen) atoms. The van der Waals surface area contributed by atoms with Crippen molar-refractivity contribution in [2.24, 2.45) is 0 Å². The Morgan fingerprint density at radius 1 is 1.03 bits per heavy atom. The van der Waals surface area contributed by atoms with E-state index in [0.29, 0.717) is 28.6 Å². The summed E-state index contributed by atoms with van der Waals surface area (Å²) in [6.07, 6.45) is 6.78. The second-order valence-corrected chi connectivity index (χ2v) is 7.58. The van der Waals surface area contributed by atoms with Gasteiger partial charge in [-0.05, 0) is 43.0 Å². The molecule has 3 heterocycles. The van der Waals surface area contributed by atoms with Crippen molar-refractivity contribution in [1.82, 2.24) is 15.1 Å². The normalized spacial score (nSPS) is 23.8. The number of pyridine rings is 2. The molecule has 0 atom stereocenters. The Labute approximate surface area is 166 Å². The number of ether oxygens (including phenoxy) is 2. The number of rotatable bonds is 6. The van der Waals surface area contributed by atoms with Crippen molar-refractivity contribution in [1.29, 1.82) is 0 Å². The highest BCUT2D eigenvalue weighted by molar-refractivity contribution is 5.56. The summed E-state index contributed by atoms with van der Waals surface area (Å²) in [5.41, 5.74) is -0.254. The highest BCUT2D eigenvalue weighted by Crippen LogP contribution is 2.47. The Hall–Kier alpha value is -3.16. The molecule has 0 N–H and O–H groups in total. The zero-order valence-corrected chi connectivity index (χ0v) is 15.6. The molecule has 2 aliphatic rings. The second-order valence-electron chi connectivity index (χ2n) is 7.58. The maximum atomic E-state index is 15.3. The maximum absolute atomic E-state index is 15.3. The summed E-state index contributed by atoms with van der Waals surface area (Å²) in [6.45, 7) is 0. The summed E-state index contributed by atoms with van der Waals surface area (Å²) in [4.78, 5) is 8.40. The van der Waals surface area contributed by atoms with Crippen molar-refractivity contribution >= 4 is 0 Å². The van der Waals surface area contributed by atoms with E-state index >= 15 is 4.39 Å². The van der Waals surface area contributed by atoms with Crippen molar-refractivity contribution in [3.63, 3.8) is 0 Å². The summed E-state index contributed by atoms with van der Waals surface area (Å²) in [5.74, 6) is 0.787. The fraction of sp³-hybridized carbons (Fsp3) is 0.381. The lowest BCUT2D eigenvalue weighted by molar-refractivity contribution is -0.277. The molecule has 2 fully saturated rings. The van der Waals surface area contributed by atoms with Crippen molar-refractivity contribution in [2.75, 3.05) is 0 Å². The molecule has 2 saturated carbocycles. The Morgan fingerprint density at radius 3 is 2.52 bits per heavy atom. The number of hydrogen-bond donors (Lipinski definition) is 0. The minimum Gasteiger partial charge on any atom is -0.856 e. The first-order valence-corrected chi connectivity index (χ1v) is 9.66. The van der Waals surface area contributed by atoms with Crippen molar-refractivity contribution in [2.45, 2.75) is 50.0 Å². The van der Waals surface area contributed by atoms with Gasteiger partial charge in [0.05, 0.1) is 0 Å². The predicted molar refractivity (Wildman–Crippen MR) is 98.1 cm³/mol. The molecule has 0 spiro atoms. The van der Waals surface area contributed by atoms with E-state index in [1.54, 1.807) is 30.5 Å². The van der Waals surface area contributed by atoms with Crippen LogP contribution in [-0.2, 0) is 5.67 Å². The molecule has 0 saturated heterocycles. The monoisotopic (exact) mass is 396 g/mol. The molecule has 0 radical (unpaired) electrons. The molecule has 5 rings (SSSR count). The largest absolute Gasteiger partial charge is 0.856 e. The van der Waals surface area contributed by atoms with E-state index < -0.39 is 11.5 Å². The van der Waals surface area contributed by atoms with Gasteiger partial charge < -0.3 is 19.1 Å². The quantitative estimate of drug-likeness (QED) is 0.629. The van der Waals surface area contributed by atoms with Gasteiger partial charge >= 0.3 is 0 Å². The summed E-state index contributed by atoms with van der Waals surface area (Å²) in [7, 11) is 0. The summed E-state index contributed by atoms with van der Waals surface area (Å²) in [5, 5.41) is 14.4. The molecule has 150 valence electrons. The van der Waals surface area contributed by atoms with Gasteiger partial charge in [0.2, 0.25) is 11.8 Å². The van der Waals surface area contributed by atoms with Gasteiger partial charge in [-0.15, -0.1) is 0 Å². The van der Waals surface area contributed by atoms with Crippen LogP contribution >= 0.6 is 0 Å².